The van der Waals surface area contributed by atoms with Gasteiger partial charge in [0.15, 0.2) is 0 Å². The van der Waals surface area contributed by atoms with Gasteiger partial charge in [-0.25, -0.2) is 4.98 Å². The first-order valence-corrected chi connectivity index (χ1v) is 7.54. The number of pyridine rings is 1. The van der Waals surface area contributed by atoms with Crippen LogP contribution in [-0.4, -0.2) is 18.1 Å². The highest BCUT2D eigenvalue weighted by Crippen LogP contribution is 2.27. The molecule has 0 radical (unpaired) electrons. The lowest BCUT2D eigenvalue weighted by Crippen LogP contribution is -2.25. The Balaban J connectivity index is 2.07. The van der Waals surface area contributed by atoms with Crippen LogP contribution >= 0.6 is 0 Å². The molecule has 1 aliphatic rings. The quantitative estimate of drug-likeness (QED) is 0.907. The van der Waals surface area contributed by atoms with Crippen molar-refractivity contribution in [2.75, 3.05) is 18.0 Å². The Morgan fingerprint density at radius 1 is 1.26 bits per heavy atom. The molecule has 1 aromatic rings. The maximum Gasteiger partial charge on any atom is 0.128 e. The van der Waals surface area contributed by atoms with Crippen molar-refractivity contribution in [3.8, 4) is 0 Å². The standard InChI is InChI=1S/C16H27N3/c1-12(2)14-5-4-9-19(10-7-14)16-11-15(13(3)17)6-8-18-16/h6,8,11-14H,4-5,7,9-10,17H2,1-3H3/t13-,14?/m0/s1. The molecule has 2 atom stereocenters. The average molecular weight is 261 g/mol. The Bertz CT molecular complexity index is 401. The zero-order valence-electron chi connectivity index (χ0n) is 12.5. The molecule has 3 nitrogen and oxygen atoms in total. The SMILES string of the molecule is CC(C)C1CCCN(c2cc([C@H](C)N)ccn2)CC1. The molecule has 0 aliphatic carbocycles. The second-order valence-electron chi connectivity index (χ2n) is 6.16. The van der Waals surface area contributed by atoms with Gasteiger partial charge in [-0.3, -0.25) is 0 Å². The Labute approximate surface area is 117 Å². The fourth-order valence-electron chi connectivity index (χ4n) is 2.91. The van der Waals surface area contributed by atoms with Crippen molar-refractivity contribution in [2.24, 2.45) is 17.6 Å². The Morgan fingerprint density at radius 3 is 2.74 bits per heavy atom. The van der Waals surface area contributed by atoms with Crippen molar-refractivity contribution < 1.29 is 0 Å². The van der Waals surface area contributed by atoms with Crippen LogP contribution in [0.15, 0.2) is 18.3 Å². The average Bonchev–Trinajstić information content (AvgIpc) is 2.64. The van der Waals surface area contributed by atoms with Crippen LogP contribution < -0.4 is 10.6 Å². The summed E-state index contributed by atoms with van der Waals surface area (Å²) >= 11 is 0. The molecule has 1 fully saturated rings. The highest BCUT2D eigenvalue weighted by atomic mass is 15.2. The van der Waals surface area contributed by atoms with E-state index in [0.29, 0.717) is 0 Å². The fourth-order valence-corrected chi connectivity index (χ4v) is 2.91. The van der Waals surface area contributed by atoms with Gasteiger partial charge in [0.25, 0.3) is 0 Å². The van der Waals surface area contributed by atoms with E-state index in [2.05, 4.69) is 29.8 Å². The van der Waals surface area contributed by atoms with Gasteiger partial charge in [0, 0.05) is 25.3 Å². The molecule has 1 aromatic heterocycles. The summed E-state index contributed by atoms with van der Waals surface area (Å²) < 4.78 is 0. The van der Waals surface area contributed by atoms with Gasteiger partial charge in [-0.05, 0) is 55.7 Å². The molecule has 0 saturated carbocycles. The first-order chi connectivity index (χ1) is 9.08. The molecule has 106 valence electrons. The molecule has 3 heteroatoms. The van der Waals surface area contributed by atoms with Gasteiger partial charge in [0.05, 0.1) is 0 Å². The topological polar surface area (TPSA) is 42.1 Å². The van der Waals surface area contributed by atoms with E-state index in [1.165, 1.54) is 24.8 Å². The van der Waals surface area contributed by atoms with Gasteiger partial charge < -0.3 is 10.6 Å². The zero-order valence-corrected chi connectivity index (χ0v) is 12.5. The van der Waals surface area contributed by atoms with Crippen molar-refractivity contribution in [3.05, 3.63) is 23.9 Å². The van der Waals surface area contributed by atoms with Gasteiger partial charge >= 0.3 is 0 Å². The highest BCUT2D eigenvalue weighted by Gasteiger charge is 2.20. The number of nitrogens with zero attached hydrogens (tertiary/aromatic N) is 2. The first kappa shape index (κ1) is 14.3. The zero-order chi connectivity index (χ0) is 13.8. The van der Waals surface area contributed by atoms with E-state index in [1.54, 1.807) is 0 Å². The summed E-state index contributed by atoms with van der Waals surface area (Å²) in [6.07, 6.45) is 5.79. The lowest BCUT2D eigenvalue weighted by Gasteiger charge is -2.23. The summed E-state index contributed by atoms with van der Waals surface area (Å²) in [5.74, 6) is 2.75. The van der Waals surface area contributed by atoms with Crippen molar-refractivity contribution in [1.29, 1.82) is 0 Å². The second-order valence-corrected chi connectivity index (χ2v) is 6.16. The number of nitrogens with two attached hydrogens (primary N) is 1. The van der Waals surface area contributed by atoms with Gasteiger partial charge in [0.1, 0.15) is 5.82 Å². The number of hydrogen-bond donors (Lipinski definition) is 1. The van der Waals surface area contributed by atoms with E-state index in [0.717, 1.165) is 30.7 Å². The predicted molar refractivity (Wildman–Crippen MR) is 81.2 cm³/mol. The summed E-state index contributed by atoms with van der Waals surface area (Å²) in [6, 6.07) is 4.25. The molecule has 1 saturated heterocycles. The third-order valence-electron chi connectivity index (χ3n) is 4.33. The van der Waals surface area contributed by atoms with Crippen molar-refractivity contribution in [1.82, 2.24) is 4.98 Å². The second kappa shape index (κ2) is 6.38. The van der Waals surface area contributed by atoms with E-state index in [1.807, 2.05) is 19.2 Å². The summed E-state index contributed by atoms with van der Waals surface area (Å²) in [5.41, 5.74) is 7.13. The van der Waals surface area contributed by atoms with E-state index < -0.39 is 0 Å². The van der Waals surface area contributed by atoms with E-state index in [9.17, 15) is 0 Å². The summed E-state index contributed by atoms with van der Waals surface area (Å²) in [4.78, 5) is 6.95. The molecule has 0 aromatic carbocycles. The smallest absolute Gasteiger partial charge is 0.128 e. The van der Waals surface area contributed by atoms with Crippen LogP contribution in [0.4, 0.5) is 5.82 Å². The minimum atomic E-state index is 0.0807. The van der Waals surface area contributed by atoms with E-state index in [4.69, 9.17) is 5.73 Å². The number of rotatable bonds is 3. The van der Waals surface area contributed by atoms with E-state index >= 15 is 0 Å². The van der Waals surface area contributed by atoms with Gasteiger partial charge in [0.2, 0.25) is 0 Å². The van der Waals surface area contributed by atoms with Gasteiger partial charge in [-0.15, -0.1) is 0 Å². The third-order valence-corrected chi connectivity index (χ3v) is 4.33. The molecule has 0 amide bonds. The molecule has 19 heavy (non-hydrogen) atoms. The van der Waals surface area contributed by atoms with Crippen LogP contribution in [0.1, 0.15) is 51.6 Å². The first-order valence-electron chi connectivity index (χ1n) is 7.54. The van der Waals surface area contributed by atoms with Crippen LogP contribution in [0, 0.1) is 11.8 Å². The summed E-state index contributed by atoms with van der Waals surface area (Å²) in [6.45, 7) is 8.96. The molecule has 0 bridgehead atoms. The highest BCUT2D eigenvalue weighted by molar-refractivity contribution is 5.41. The summed E-state index contributed by atoms with van der Waals surface area (Å²) in [5, 5.41) is 0. The minimum absolute atomic E-state index is 0.0807. The van der Waals surface area contributed by atoms with Crippen LogP contribution in [0.3, 0.4) is 0 Å². The van der Waals surface area contributed by atoms with Crippen molar-refractivity contribution in [2.45, 2.75) is 46.1 Å². The Morgan fingerprint density at radius 2 is 2.05 bits per heavy atom. The van der Waals surface area contributed by atoms with Crippen molar-refractivity contribution in [3.63, 3.8) is 0 Å². The normalized spacial score (nSPS) is 22.4. The molecule has 2 N–H and O–H groups in total. The van der Waals surface area contributed by atoms with Crippen LogP contribution in [-0.2, 0) is 0 Å². The van der Waals surface area contributed by atoms with Gasteiger partial charge in [-0.2, -0.15) is 0 Å². The molecule has 1 aliphatic heterocycles. The Kier molecular flexibility index (Phi) is 4.81. The monoisotopic (exact) mass is 261 g/mol. The lowest BCUT2D eigenvalue weighted by atomic mass is 9.89. The fraction of sp³-hybridized carbons (Fsp3) is 0.688. The molecule has 2 heterocycles. The molecule has 1 unspecified atom stereocenters. The van der Waals surface area contributed by atoms with Crippen LogP contribution in [0.25, 0.3) is 0 Å². The maximum absolute atomic E-state index is 5.96. The number of anilines is 1. The van der Waals surface area contributed by atoms with Crippen molar-refractivity contribution >= 4 is 5.82 Å². The molecule has 2 rings (SSSR count). The largest absolute Gasteiger partial charge is 0.357 e. The predicted octanol–water partition coefficient (Wildman–Crippen LogP) is 3.36. The molecular formula is C16H27N3. The minimum Gasteiger partial charge on any atom is -0.357 e. The van der Waals surface area contributed by atoms with Gasteiger partial charge in [-0.1, -0.05) is 13.8 Å². The summed E-state index contributed by atoms with van der Waals surface area (Å²) in [7, 11) is 0. The maximum atomic E-state index is 5.96. The number of aromatic nitrogens is 1. The number of hydrogen-bond acceptors (Lipinski definition) is 3. The Hall–Kier alpha value is -1.09. The molecule has 0 spiro atoms. The van der Waals surface area contributed by atoms with Crippen LogP contribution in [0.5, 0.6) is 0 Å². The third kappa shape index (κ3) is 3.69. The van der Waals surface area contributed by atoms with E-state index in [-0.39, 0.29) is 6.04 Å². The van der Waals surface area contributed by atoms with Crippen LogP contribution in [0.2, 0.25) is 0 Å². The lowest BCUT2D eigenvalue weighted by molar-refractivity contribution is 0.351. The molecular weight excluding hydrogens is 234 g/mol.